The fourth-order valence-electron chi connectivity index (χ4n) is 2.57. The molecular formula is C13H25NO2. The number of esters is 1. The van der Waals surface area contributed by atoms with E-state index < -0.39 is 0 Å². The number of hydrogen-bond acceptors (Lipinski definition) is 3. The summed E-state index contributed by atoms with van der Waals surface area (Å²) in [5, 5.41) is 0. The fraction of sp³-hybridized carbons (Fsp3) is 0.923. The van der Waals surface area contributed by atoms with Crippen LogP contribution in [-0.2, 0) is 9.53 Å². The lowest BCUT2D eigenvalue weighted by Crippen LogP contribution is -2.42. The number of rotatable bonds is 5. The maximum absolute atomic E-state index is 11.6. The van der Waals surface area contributed by atoms with Gasteiger partial charge >= 0.3 is 5.97 Å². The fourth-order valence-corrected chi connectivity index (χ4v) is 2.57. The van der Waals surface area contributed by atoms with Crippen molar-refractivity contribution in [2.45, 2.75) is 52.5 Å². The maximum atomic E-state index is 11.6. The van der Waals surface area contributed by atoms with Gasteiger partial charge in [-0.2, -0.15) is 0 Å². The van der Waals surface area contributed by atoms with Gasteiger partial charge < -0.3 is 9.64 Å². The van der Waals surface area contributed by atoms with Crippen LogP contribution in [0.25, 0.3) is 0 Å². The lowest BCUT2D eigenvalue weighted by Gasteiger charge is -2.36. The van der Waals surface area contributed by atoms with Gasteiger partial charge in [-0.3, -0.25) is 4.79 Å². The van der Waals surface area contributed by atoms with Gasteiger partial charge in [-0.1, -0.05) is 13.8 Å². The number of hydrogen-bond donors (Lipinski definition) is 0. The summed E-state index contributed by atoms with van der Waals surface area (Å²) in [5.74, 6) is 0.150. The summed E-state index contributed by atoms with van der Waals surface area (Å²) in [6.45, 7) is 8.96. The minimum Gasteiger partial charge on any atom is -0.466 e. The first-order valence-electron chi connectivity index (χ1n) is 6.63. The topological polar surface area (TPSA) is 29.5 Å². The molecule has 0 aromatic carbocycles. The van der Waals surface area contributed by atoms with Crippen LogP contribution in [0, 0.1) is 5.92 Å². The second-order valence-electron chi connectivity index (χ2n) is 4.53. The van der Waals surface area contributed by atoms with E-state index in [0.717, 1.165) is 25.9 Å². The molecule has 1 fully saturated rings. The molecule has 0 spiro atoms. The van der Waals surface area contributed by atoms with Crippen molar-refractivity contribution in [3.8, 4) is 0 Å². The molecular weight excluding hydrogens is 202 g/mol. The van der Waals surface area contributed by atoms with Crippen LogP contribution in [0.1, 0.15) is 46.5 Å². The van der Waals surface area contributed by atoms with Gasteiger partial charge in [0.05, 0.1) is 12.5 Å². The summed E-state index contributed by atoms with van der Waals surface area (Å²) in [4.78, 5) is 14.1. The molecule has 1 aliphatic rings. The van der Waals surface area contributed by atoms with E-state index in [2.05, 4.69) is 18.7 Å². The molecule has 1 rings (SSSR count). The molecule has 0 aromatic heterocycles. The van der Waals surface area contributed by atoms with E-state index in [1.807, 2.05) is 6.92 Å². The van der Waals surface area contributed by atoms with Crippen LogP contribution in [0.15, 0.2) is 0 Å². The van der Waals surface area contributed by atoms with Crippen LogP contribution in [0.3, 0.4) is 0 Å². The largest absolute Gasteiger partial charge is 0.466 e. The van der Waals surface area contributed by atoms with Gasteiger partial charge in [-0.15, -0.1) is 0 Å². The van der Waals surface area contributed by atoms with Crippen LogP contribution >= 0.6 is 0 Å². The van der Waals surface area contributed by atoms with E-state index in [-0.39, 0.29) is 11.9 Å². The molecule has 0 saturated carbocycles. The van der Waals surface area contributed by atoms with Crippen molar-refractivity contribution in [2.75, 3.05) is 19.7 Å². The molecule has 0 bridgehead atoms. The monoisotopic (exact) mass is 227 g/mol. The zero-order valence-corrected chi connectivity index (χ0v) is 10.9. The van der Waals surface area contributed by atoms with E-state index in [9.17, 15) is 4.79 Å². The molecule has 3 heteroatoms. The van der Waals surface area contributed by atoms with Crippen molar-refractivity contribution >= 4 is 5.97 Å². The molecule has 1 saturated heterocycles. The Morgan fingerprint density at radius 3 is 2.25 bits per heavy atom. The highest BCUT2D eigenvalue weighted by molar-refractivity contribution is 5.72. The molecule has 16 heavy (non-hydrogen) atoms. The average molecular weight is 227 g/mol. The minimum atomic E-state index is 0.00620. The van der Waals surface area contributed by atoms with E-state index in [0.29, 0.717) is 12.6 Å². The van der Waals surface area contributed by atoms with Crippen LogP contribution in [-0.4, -0.2) is 36.6 Å². The normalized spacial score (nSPS) is 19.0. The maximum Gasteiger partial charge on any atom is 0.309 e. The molecule has 0 amide bonds. The number of carbonyl (C=O) groups excluding carboxylic acids is 1. The average Bonchev–Trinajstić information content (AvgIpc) is 2.32. The van der Waals surface area contributed by atoms with E-state index in [1.54, 1.807) is 0 Å². The highest BCUT2D eigenvalue weighted by Gasteiger charge is 2.28. The van der Waals surface area contributed by atoms with Crippen molar-refractivity contribution in [3.05, 3.63) is 0 Å². The highest BCUT2D eigenvalue weighted by Crippen LogP contribution is 2.22. The number of piperidine rings is 1. The van der Waals surface area contributed by atoms with E-state index in [1.165, 1.54) is 12.8 Å². The van der Waals surface area contributed by atoms with Gasteiger partial charge in [-0.25, -0.2) is 0 Å². The minimum absolute atomic E-state index is 0.00620. The van der Waals surface area contributed by atoms with Crippen LogP contribution in [0.4, 0.5) is 0 Å². The van der Waals surface area contributed by atoms with Crippen molar-refractivity contribution in [1.82, 2.24) is 4.90 Å². The zero-order valence-electron chi connectivity index (χ0n) is 10.9. The number of carbonyl (C=O) groups is 1. The second kappa shape index (κ2) is 6.89. The van der Waals surface area contributed by atoms with Crippen molar-refractivity contribution < 1.29 is 9.53 Å². The first-order valence-corrected chi connectivity index (χ1v) is 6.63. The molecule has 1 heterocycles. The summed E-state index contributed by atoms with van der Waals surface area (Å²) in [5.41, 5.74) is 0. The van der Waals surface area contributed by atoms with Gasteiger partial charge in [0, 0.05) is 6.04 Å². The van der Waals surface area contributed by atoms with E-state index >= 15 is 0 Å². The van der Waals surface area contributed by atoms with Gasteiger partial charge in [-0.05, 0) is 45.7 Å². The van der Waals surface area contributed by atoms with Crippen LogP contribution in [0.2, 0.25) is 0 Å². The summed E-state index contributed by atoms with van der Waals surface area (Å²) >= 11 is 0. The molecule has 0 aliphatic carbocycles. The zero-order chi connectivity index (χ0) is 12.0. The predicted octanol–water partition coefficient (Wildman–Crippen LogP) is 2.45. The van der Waals surface area contributed by atoms with Gasteiger partial charge in [0.15, 0.2) is 0 Å². The Morgan fingerprint density at radius 1 is 1.25 bits per heavy atom. The molecule has 0 radical (unpaired) electrons. The van der Waals surface area contributed by atoms with Crippen LogP contribution < -0.4 is 0 Å². The molecule has 0 atom stereocenters. The van der Waals surface area contributed by atoms with Gasteiger partial charge in [0.1, 0.15) is 0 Å². The third-order valence-corrected chi connectivity index (χ3v) is 3.61. The number of nitrogens with zero attached hydrogens (tertiary/aromatic N) is 1. The SMILES string of the molecule is CCOC(=O)C1CCN(C(CC)CC)CC1. The van der Waals surface area contributed by atoms with Crippen molar-refractivity contribution in [2.24, 2.45) is 5.92 Å². The Balaban J connectivity index is 2.35. The Morgan fingerprint density at radius 2 is 1.81 bits per heavy atom. The lowest BCUT2D eigenvalue weighted by molar-refractivity contribution is -0.149. The molecule has 94 valence electrons. The van der Waals surface area contributed by atoms with Gasteiger partial charge in [0.2, 0.25) is 0 Å². The van der Waals surface area contributed by atoms with Crippen molar-refractivity contribution in [1.29, 1.82) is 0 Å². The molecule has 3 nitrogen and oxygen atoms in total. The third kappa shape index (κ3) is 3.48. The predicted molar refractivity (Wildman–Crippen MR) is 65.3 cm³/mol. The Bertz CT molecular complexity index is 206. The Labute approximate surface area is 99.1 Å². The standard InChI is InChI=1S/C13H25NO2/c1-4-12(5-2)14-9-7-11(8-10-14)13(15)16-6-3/h11-12H,4-10H2,1-3H3. The molecule has 0 aromatic rings. The summed E-state index contributed by atoms with van der Waals surface area (Å²) < 4.78 is 5.07. The summed E-state index contributed by atoms with van der Waals surface area (Å²) in [6, 6.07) is 0.697. The first-order chi connectivity index (χ1) is 7.72. The smallest absolute Gasteiger partial charge is 0.309 e. The molecule has 0 N–H and O–H groups in total. The Hall–Kier alpha value is -0.570. The lowest BCUT2D eigenvalue weighted by atomic mass is 9.95. The van der Waals surface area contributed by atoms with Gasteiger partial charge in [0.25, 0.3) is 0 Å². The second-order valence-corrected chi connectivity index (χ2v) is 4.53. The summed E-state index contributed by atoms with van der Waals surface area (Å²) in [6.07, 6.45) is 4.35. The third-order valence-electron chi connectivity index (χ3n) is 3.61. The molecule has 1 aliphatic heterocycles. The van der Waals surface area contributed by atoms with Crippen molar-refractivity contribution in [3.63, 3.8) is 0 Å². The Kier molecular flexibility index (Phi) is 5.81. The quantitative estimate of drug-likeness (QED) is 0.676. The number of likely N-dealkylation sites (tertiary alicyclic amines) is 1. The first kappa shape index (κ1) is 13.5. The number of ether oxygens (including phenoxy) is 1. The highest BCUT2D eigenvalue weighted by atomic mass is 16.5. The van der Waals surface area contributed by atoms with E-state index in [4.69, 9.17) is 4.74 Å². The van der Waals surface area contributed by atoms with Crippen LogP contribution in [0.5, 0.6) is 0 Å². The molecule has 0 unspecified atom stereocenters. The summed E-state index contributed by atoms with van der Waals surface area (Å²) in [7, 11) is 0.